The van der Waals surface area contributed by atoms with Gasteiger partial charge in [0.1, 0.15) is 12.4 Å². The molecule has 1 aromatic heterocycles. The number of aryl methyl sites for hydroxylation is 1. The van der Waals surface area contributed by atoms with Crippen LogP contribution in [-0.4, -0.2) is 29.1 Å². The molecule has 0 saturated carbocycles. The Labute approximate surface area is 194 Å². The number of aromatic nitrogens is 1. The lowest BCUT2D eigenvalue weighted by molar-refractivity contribution is -0.191. The highest BCUT2D eigenvalue weighted by Gasteiger charge is 2.24. The fourth-order valence-corrected chi connectivity index (χ4v) is 4.67. The van der Waals surface area contributed by atoms with Gasteiger partial charge in [-0.15, -0.1) is 0 Å². The second-order valence-electron chi connectivity index (χ2n) is 8.29. The molecule has 1 saturated heterocycles. The molecule has 0 N–H and O–H groups in total. The lowest BCUT2D eigenvalue weighted by Crippen LogP contribution is -2.31. The SMILES string of the molecule is CCc1ccnc(CN2CCC(=C3c4ccccc4COc4ccccc43)CC2)c1.O=C=O. The minimum Gasteiger partial charge on any atom is -0.488 e. The van der Waals surface area contributed by atoms with E-state index in [-0.39, 0.29) is 6.15 Å². The van der Waals surface area contributed by atoms with Crippen molar-refractivity contribution in [3.8, 4) is 5.75 Å². The van der Waals surface area contributed by atoms with E-state index in [1.54, 1.807) is 5.57 Å². The molecule has 0 atom stereocenters. The van der Waals surface area contributed by atoms with Crippen LogP contribution >= 0.6 is 0 Å². The second-order valence-corrected chi connectivity index (χ2v) is 8.29. The molecule has 5 nitrogen and oxygen atoms in total. The first kappa shape index (κ1) is 22.7. The van der Waals surface area contributed by atoms with Crippen LogP contribution in [0, 0.1) is 0 Å². The van der Waals surface area contributed by atoms with Crippen LogP contribution in [-0.2, 0) is 29.2 Å². The van der Waals surface area contributed by atoms with Crippen LogP contribution in [0.4, 0.5) is 0 Å². The predicted molar refractivity (Wildman–Crippen MR) is 126 cm³/mol. The van der Waals surface area contributed by atoms with Crippen LogP contribution in [0.5, 0.6) is 5.75 Å². The average Bonchev–Trinajstić information content (AvgIpc) is 3.02. The Morgan fingerprint density at radius 1 is 0.970 bits per heavy atom. The number of piperidine rings is 1. The number of fused-ring (bicyclic) bond motifs is 2. The number of hydrogen-bond acceptors (Lipinski definition) is 5. The molecule has 2 aromatic carbocycles. The number of carbonyl (C=O) groups excluding carboxylic acids is 2. The number of ether oxygens (including phenoxy) is 1. The van der Waals surface area contributed by atoms with E-state index in [0.717, 1.165) is 44.6 Å². The van der Waals surface area contributed by atoms with Gasteiger partial charge in [0.05, 0.1) is 5.69 Å². The van der Waals surface area contributed by atoms with E-state index < -0.39 is 0 Å². The summed E-state index contributed by atoms with van der Waals surface area (Å²) in [5.41, 5.74) is 9.34. The molecule has 3 aromatic rings. The van der Waals surface area contributed by atoms with Gasteiger partial charge in [-0.1, -0.05) is 55.0 Å². The van der Waals surface area contributed by atoms with Gasteiger partial charge < -0.3 is 4.74 Å². The maximum Gasteiger partial charge on any atom is 0.373 e. The average molecular weight is 441 g/mol. The van der Waals surface area contributed by atoms with E-state index in [4.69, 9.17) is 14.3 Å². The number of hydrogen-bond donors (Lipinski definition) is 0. The summed E-state index contributed by atoms with van der Waals surface area (Å²) in [4.78, 5) is 23.4. The van der Waals surface area contributed by atoms with Crippen molar-refractivity contribution in [2.75, 3.05) is 13.1 Å². The van der Waals surface area contributed by atoms with Crippen molar-refractivity contribution in [3.63, 3.8) is 0 Å². The van der Waals surface area contributed by atoms with Gasteiger partial charge in [-0.05, 0) is 59.7 Å². The number of nitrogens with zero attached hydrogens (tertiary/aromatic N) is 2. The topological polar surface area (TPSA) is 59.5 Å². The Kier molecular flexibility index (Phi) is 7.46. The van der Waals surface area contributed by atoms with Crippen LogP contribution in [0.2, 0.25) is 0 Å². The van der Waals surface area contributed by atoms with Crippen molar-refractivity contribution in [2.24, 2.45) is 0 Å². The van der Waals surface area contributed by atoms with Crippen molar-refractivity contribution >= 4 is 11.7 Å². The first-order valence-corrected chi connectivity index (χ1v) is 11.4. The first-order valence-electron chi connectivity index (χ1n) is 11.4. The molecule has 0 bridgehead atoms. The number of rotatable bonds is 3. The molecule has 0 radical (unpaired) electrons. The van der Waals surface area contributed by atoms with E-state index >= 15 is 0 Å². The number of para-hydroxylation sites is 1. The Morgan fingerprint density at radius 3 is 2.42 bits per heavy atom. The maximum atomic E-state index is 8.12. The summed E-state index contributed by atoms with van der Waals surface area (Å²) in [6.45, 7) is 5.91. The molecule has 2 aliphatic rings. The fourth-order valence-electron chi connectivity index (χ4n) is 4.67. The fraction of sp³-hybridized carbons (Fsp3) is 0.286. The molecule has 0 amide bonds. The molecular weight excluding hydrogens is 412 g/mol. The highest BCUT2D eigenvalue weighted by molar-refractivity contribution is 5.87. The lowest BCUT2D eigenvalue weighted by Gasteiger charge is -2.30. The summed E-state index contributed by atoms with van der Waals surface area (Å²) in [6.07, 6.45) is 5.44. The molecule has 168 valence electrons. The van der Waals surface area contributed by atoms with Gasteiger partial charge >= 0.3 is 6.15 Å². The number of likely N-dealkylation sites (tertiary alicyclic amines) is 1. The lowest BCUT2D eigenvalue weighted by atomic mass is 9.86. The van der Waals surface area contributed by atoms with Crippen molar-refractivity contribution < 1.29 is 14.3 Å². The second kappa shape index (κ2) is 10.9. The third-order valence-electron chi connectivity index (χ3n) is 6.31. The number of pyridine rings is 1. The van der Waals surface area contributed by atoms with Crippen LogP contribution < -0.4 is 4.74 Å². The van der Waals surface area contributed by atoms with Crippen molar-refractivity contribution in [3.05, 3.63) is 100 Å². The Morgan fingerprint density at radius 2 is 1.67 bits per heavy atom. The van der Waals surface area contributed by atoms with Crippen molar-refractivity contribution in [2.45, 2.75) is 39.3 Å². The summed E-state index contributed by atoms with van der Waals surface area (Å²) in [5.74, 6) is 0.999. The zero-order valence-corrected chi connectivity index (χ0v) is 18.9. The summed E-state index contributed by atoms with van der Waals surface area (Å²) in [6, 6.07) is 21.6. The molecule has 1 fully saturated rings. The van der Waals surface area contributed by atoms with Gasteiger partial charge in [-0.25, -0.2) is 0 Å². The van der Waals surface area contributed by atoms with E-state index in [1.807, 2.05) is 6.20 Å². The molecule has 0 unspecified atom stereocenters. The van der Waals surface area contributed by atoms with Crippen molar-refractivity contribution in [1.29, 1.82) is 0 Å². The summed E-state index contributed by atoms with van der Waals surface area (Å²) in [7, 11) is 0. The third-order valence-corrected chi connectivity index (χ3v) is 6.31. The van der Waals surface area contributed by atoms with E-state index in [9.17, 15) is 0 Å². The van der Waals surface area contributed by atoms with E-state index in [1.165, 1.54) is 33.5 Å². The van der Waals surface area contributed by atoms with Gasteiger partial charge in [-0.2, -0.15) is 9.59 Å². The predicted octanol–water partition coefficient (Wildman–Crippen LogP) is 5.05. The molecule has 33 heavy (non-hydrogen) atoms. The van der Waals surface area contributed by atoms with E-state index in [2.05, 4.69) is 77.5 Å². The van der Waals surface area contributed by atoms with Gasteiger partial charge in [0.15, 0.2) is 0 Å². The smallest absolute Gasteiger partial charge is 0.373 e. The van der Waals surface area contributed by atoms with Crippen LogP contribution in [0.3, 0.4) is 0 Å². The zero-order valence-electron chi connectivity index (χ0n) is 18.9. The molecular formula is C28H28N2O3. The van der Waals surface area contributed by atoms with E-state index in [0.29, 0.717) is 6.61 Å². The normalized spacial score (nSPS) is 15.2. The van der Waals surface area contributed by atoms with Crippen LogP contribution in [0.25, 0.3) is 5.57 Å². The highest BCUT2D eigenvalue weighted by Crippen LogP contribution is 2.40. The molecule has 0 aliphatic carbocycles. The Bertz CT molecular complexity index is 1120. The highest BCUT2D eigenvalue weighted by atomic mass is 16.5. The van der Waals surface area contributed by atoms with Crippen molar-refractivity contribution in [1.82, 2.24) is 9.88 Å². The number of benzene rings is 2. The monoisotopic (exact) mass is 440 g/mol. The third kappa shape index (κ3) is 5.28. The largest absolute Gasteiger partial charge is 0.488 e. The van der Waals surface area contributed by atoms with Crippen LogP contribution in [0.1, 0.15) is 47.7 Å². The quantitative estimate of drug-likeness (QED) is 0.570. The van der Waals surface area contributed by atoms with Gasteiger partial charge in [-0.3, -0.25) is 9.88 Å². The maximum absolute atomic E-state index is 8.12. The molecule has 5 heteroatoms. The summed E-state index contributed by atoms with van der Waals surface area (Å²) in [5, 5.41) is 0. The summed E-state index contributed by atoms with van der Waals surface area (Å²) >= 11 is 0. The standard InChI is InChI=1S/C27H28N2O.CO2/c1-2-20-11-14-28-23(17-20)18-29-15-12-21(13-16-29)27-24-8-4-3-7-22(24)19-30-26-10-6-5-9-25(26)27;2-1-3/h3-11,14,17H,2,12-13,15-16,18-19H2,1H3;. The van der Waals surface area contributed by atoms with Gasteiger partial charge in [0.2, 0.25) is 0 Å². The molecule has 2 aliphatic heterocycles. The van der Waals surface area contributed by atoms with Crippen LogP contribution in [0.15, 0.2) is 72.4 Å². The van der Waals surface area contributed by atoms with Gasteiger partial charge in [0, 0.05) is 31.4 Å². The van der Waals surface area contributed by atoms with Gasteiger partial charge in [0.25, 0.3) is 0 Å². The first-order chi connectivity index (χ1) is 16.2. The minimum absolute atomic E-state index is 0.250. The molecule has 0 spiro atoms. The zero-order chi connectivity index (χ0) is 23.0. The molecule has 3 heterocycles. The Balaban J connectivity index is 0.000000821. The minimum atomic E-state index is 0.250. The molecule has 5 rings (SSSR count). The summed E-state index contributed by atoms with van der Waals surface area (Å²) < 4.78 is 6.17. The Hall–Kier alpha value is -3.53.